The lowest BCUT2D eigenvalue weighted by molar-refractivity contribution is -0.0227. The number of benzene rings is 1. The van der Waals surface area contributed by atoms with Gasteiger partial charge in [0.15, 0.2) is 5.60 Å². The number of hydrogen-bond donors (Lipinski definition) is 0. The molecule has 4 heteroatoms. The molecule has 0 N–H and O–H groups in total. The van der Waals surface area contributed by atoms with E-state index in [9.17, 15) is 4.79 Å². The van der Waals surface area contributed by atoms with Gasteiger partial charge in [0.1, 0.15) is 0 Å². The molecule has 1 aliphatic carbocycles. The van der Waals surface area contributed by atoms with Gasteiger partial charge >= 0.3 is 5.97 Å². The predicted molar refractivity (Wildman–Crippen MR) is 97.3 cm³/mol. The average molecular weight is 341 g/mol. The maximum Gasteiger partial charge on any atom is 0.339 e. The molecule has 1 saturated carbocycles. The fourth-order valence-corrected chi connectivity index (χ4v) is 3.00. The van der Waals surface area contributed by atoms with Crippen molar-refractivity contribution in [1.82, 2.24) is 4.90 Å². The van der Waals surface area contributed by atoms with E-state index in [1.807, 2.05) is 25.1 Å². The third kappa shape index (κ3) is 5.32. The first-order chi connectivity index (χ1) is 12.2. The molecule has 3 rings (SSSR count). The summed E-state index contributed by atoms with van der Waals surface area (Å²) in [6.45, 7) is 6.20. The van der Waals surface area contributed by atoms with Gasteiger partial charge in [0.25, 0.3) is 0 Å². The highest BCUT2D eigenvalue weighted by Gasteiger charge is 2.37. The molecule has 0 atom stereocenters. The van der Waals surface area contributed by atoms with Crippen molar-refractivity contribution in [2.75, 3.05) is 32.8 Å². The Labute approximate surface area is 150 Å². The van der Waals surface area contributed by atoms with Crippen molar-refractivity contribution in [2.24, 2.45) is 5.92 Å². The molecule has 0 aromatic heterocycles. The van der Waals surface area contributed by atoms with E-state index in [-0.39, 0.29) is 5.97 Å². The quantitative estimate of drug-likeness (QED) is 0.453. The van der Waals surface area contributed by atoms with Crippen LogP contribution in [0.2, 0.25) is 0 Å². The molecule has 1 aromatic rings. The van der Waals surface area contributed by atoms with Gasteiger partial charge in [-0.2, -0.15) is 0 Å². The van der Waals surface area contributed by atoms with E-state index in [4.69, 9.17) is 9.47 Å². The molecule has 0 unspecified atom stereocenters. The highest BCUT2D eigenvalue weighted by Crippen LogP contribution is 2.31. The molecular formula is C21H27NO3. The van der Waals surface area contributed by atoms with Crippen molar-refractivity contribution in [3.63, 3.8) is 0 Å². The Morgan fingerprint density at radius 1 is 1.24 bits per heavy atom. The summed E-state index contributed by atoms with van der Waals surface area (Å²) in [5.74, 6) is 6.89. The van der Waals surface area contributed by atoms with E-state index in [1.165, 1.54) is 12.8 Å². The number of nitrogens with zero attached hydrogens (tertiary/aromatic N) is 1. The normalized spacial score (nSPS) is 19.7. The minimum Gasteiger partial charge on any atom is -0.442 e. The Morgan fingerprint density at radius 3 is 2.60 bits per heavy atom. The molecule has 1 aromatic carbocycles. The van der Waals surface area contributed by atoms with E-state index in [2.05, 4.69) is 16.7 Å². The lowest BCUT2D eigenvalue weighted by Gasteiger charge is -2.38. The minimum atomic E-state index is -0.641. The van der Waals surface area contributed by atoms with Gasteiger partial charge in [-0.05, 0) is 31.9 Å². The summed E-state index contributed by atoms with van der Waals surface area (Å²) in [4.78, 5) is 14.9. The third-order valence-corrected chi connectivity index (χ3v) is 4.80. The molecule has 1 heterocycles. The van der Waals surface area contributed by atoms with Crippen LogP contribution in [0.4, 0.5) is 0 Å². The van der Waals surface area contributed by atoms with Crippen LogP contribution in [0.25, 0.3) is 0 Å². The van der Waals surface area contributed by atoms with Gasteiger partial charge in [-0.15, -0.1) is 0 Å². The Hall–Kier alpha value is -1.83. The van der Waals surface area contributed by atoms with Crippen LogP contribution >= 0.6 is 0 Å². The average Bonchev–Trinajstić information content (AvgIpc) is 3.47. The van der Waals surface area contributed by atoms with Crippen LogP contribution in [0.3, 0.4) is 0 Å². The van der Waals surface area contributed by atoms with Crippen LogP contribution in [-0.2, 0) is 9.47 Å². The van der Waals surface area contributed by atoms with Crippen molar-refractivity contribution in [3.05, 3.63) is 35.9 Å². The fourth-order valence-electron chi connectivity index (χ4n) is 3.00. The maximum absolute atomic E-state index is 12.5. The maximum atomic E-state index is 12.5. The first-order valence-corrected chi connectivity index (χ1v) is 9.32. The van der Waals surface area contributed by atoms with E-state index >= 15 is 0 Å². The number of piperidine rings is 1. The second-order valence-electron chi connectivity index (χ2n) is 6.83. The smallest absolute Gasteiger partial charge is 0.339 e. The summed E-state index contributed by atoms with van der Waals surface area (Å²) in [5, 5.41) is 0. The molecule has 134 valence electrons. The van der Waals surface area contributed by atoms with Crippen molar-refractivity contribution in [2.45, 2.75) is 38.2 Å². The van der Waals surface area contributed by atoms with Gasteiger partial charge in [-0.25, -0.2) is 4.79 Å². The fraction of sp³-hybridized carbons (Fsp3) is 0.571. The zero-order valence-corrected chi connectivity index (χ0v) is 15.0. The number of esters is 1. The van der Waals surface area contributed by atoms with Crippen molar-refractivity contribution in [3.8, 4) is 11.8 Å². The first kappa shape index (κ1) is 18.0. The Kier molecular flexibility index (Phi) is 6.12. The van der Waals surface area contributed by atoms with E-state index in [1.54, 1.807) is 12.1 Å². The van der Waals surface area contributed by atoms with Crippen molar-refractivity contribution < 1.29 is 14.3 Å². The van der Waals surface area contributed by atoms with Gasteiger partial charge in [0.05, 0.1) is 12.2 Å². The number of likely N-dealkylation sites (tertiary alicyclic amines) is 1. The molecule has 0 radical (unpaired) electrons. The van der Waals surface area contributed by atoms with E-state index < -0.39 is 5.60 Å². The lowest BCUT2D eigenvalue weighted by Crippen LogP contribution is -2.47. The highest BCUT2D eigenvalue weighted by molar-refractivity contribution is 5.89. The van der Waals surface area contributed by atoms with Crippen molar-refractivity contribution in [1.29, 1.82) is 0 Å². The Balaban J connectivity index is 1.64. The van der Waals surface area contributed by atoms with E-state index in [0.29, 0.717) is 11.5 Å². The van der Waals surface area contributed by atoms with Crippen LogP contribution < -0.4 is 0 Å². The first-order valence-electron chi connectivity index (χ1n) is 9.32. The molecular weight excluding hydrogens is 314 g/mol. The van der Waals surface area contributed by atoms with Gasteiger partial charge in [-0.1, -0.05) is 30.0 Å². The highest BCUT2D eigenvalue weighted by atomic mass is 16.6. The summed E-state index contributed by atoms with van der Waals surface area (Å²) in [6, 6.07) is 9.20. The van der Waals surface area contributed by atoms with Crippen LogP contribution in [0.5, 0.6) is 0 Å². The largest absolute Gasteiger partial charge is 0.442 e. The number of hydrogen-bond acceptors (Lipinski definition) is 4. The molecule has 0 spiro atoms. The van der Waals surface area contributed by atoms with E-state index in [0.717, 1.165) is 45.7 Å². The van der Waals surface area contributed by atoms with Crippen LogP contribution in [0, 0.1) is 17.8 Å². The summed E-state index contributed by atoms with van der Waals surface area (Å²) in [5.41, 5.74) is -0.0497. The minimum absolute atomic E-state index is 0.270. The second kappa shape index (κ2) is 8.51. The summed E-state index contributed by atoms with van der Waals surface area (Å²) < 4.78 is 11.4. The monoisotopic (exact) mass is 341 g/mol. The van der Waals surface area contributed by atoms with Gasteiger partial charge < -0.3 is 14.4 Å². The molecule has 1 saturated heterocycles. The molecule has 4 nitrogen and oxygen atoms in total. The van der Waals surface area contributed by atoms with Crippen LogP contribution in [0.1, 0.15) is 43.0 Å². The molecule has 25 heavy (non-hydrogen) atoms. The van der Waals surface area contributed by atoms with Crippen LogP contribution in [0.15, 0.2) is 30.3 Å². The number of ether oxygens (including phenoxy) is 2. The second-order valence-corrected chi connectivity index (χ2v) is 6.83. The Morgan fingerprint density at radius 2 is 1.96 bits per heavy atom. The molecule has 2 fully saturated rings. The standard InChI is InChI=1S/C21H27NO3/c1-2-24-17-16-22-14-12-21(13-15-22,11-10-18-8-9-18)25-20(23)19-6-4-3-5-7-19/h3-7,18H,2,8-9,12-17H2,1H3. The van der Waals surface area contributed by atoms with Crippen molar-refractivity contribution >= 4 is 5.97 Å². The molecule has 2 aliphatic rings. The zero-order valence-electron chi connectivity index (χ0n) is 15.0. The predicted octanol–water partition coefficient (Wildman–Crippen LogP) is 3.13. The topological polar surface area (TPSA) is 38.8 Å². The van der Waals surface area contributed by atoms with Gasteiger partial charge in [-0.3, -0.25) is 0 Å². The number of carbonyl (C=O) groups excluding carboxylic acids is 1. The Bertz CT molecular complexity index is 620. The van der Waals surface area contributed by atoms with Crippen LogP contribution in [-0.4, -0.2) is 49.3 Å². The summed E-state index contributed by atoms with van der Waals surface area (Å²) in [7, 11) is 0. The lowest BCUT2D eigenvalue weighted by atomic mass is 9.91. The number of rotatable bonds is 6. The molecule has 0 bridgehead atoms. The summed E-state index contributed by atoms with van der Waals surface area (Å²) in [6.07, 6.45) is 3.88. The molecule has 1 aliphatic heterocycles. The van der Waals surface area contributed by atoms with Gasteiger partial charge in [0.2, 0.25) is 0 Å². The van der Waals surface area contributed by atoms with Gasteiger partial charge in [0, 0.05) is 45.0 Å². The zero-order chi connectivity index (χ0) is 17.5. The summed E-state index contributed by atoms with van der Waals surface area (Å²) >= 11 is 0. The molecule has 0 amide bonds. The third-order valence-electron chi connectivity index (χ3n) is 4.80. The SMILES string of the molecule is CCOCCN1CCC(C#CC2CC2)(OC(=O)c2ccccc2)CC1. The number of carbonyl (C=O) groups is 1.